The van der Waals surface area contributed by atoms with Crippen molar-refractivity contribution in [3.63, 3.8) is 0 Å². The molecule has 0 aliphatic heterocycles. The first-order chi connectivity index (χ1) is 8.68. The summed E-state index contributed by atoms with van der Waals surface area (Å²) in [4.78, 5) is 9.95. The molecule has 0 fully saturated rings. The van der Waals surface area contributed by atoms with Crippen molar-refractivity contribution in [1.82, 2.24) is 0 Å². The van der Waals surface area contributed by atoms with E-state index in [1.165, 1.54) is 25.7 Å². The highest BCUT2D eigenvalue weighted by atomic mass is 32.2. The molecule has 0 aromatic heterocycles. The summed E-state index contributed by atoms with van der Waals surface area (Å²) < 4.78 is 15.7. The van der Waals surface area contributed by atoms with E-state index in [0.717, 1.165) is 11.5 Å². The molecule has 0 rings (SSSR count). The second-order valence-electron chi connectivity index (χ2n) is 3.91. The number of unbranched alkanes of at least 4 members (excludes halogenated alkanes) is 3. The zero-order chi connectivity index (χ0) is 13.7. The highest BCUT2D eigenvalue weighted by Gasteiger charge is 2.40. The van der Waals surface area contributed by atoms with Crippen molar-refractivity contribution in [2.75, 3.05) is 31.3 Å². The van der Waals surface area contributed by atoms with Gasteiger partial charge in [0.25, 0.3) is 0 Å². The molecular weight excluding hydrogens is 268 g/mol. The van der Waals surface area contributed by atoms with E-state index in [2.05, 4.69) is 6.92 Å². The van der Waals surface area contributed by atoms with Gasteiger partial charge in [-0.2, -0.15) is 11.8 Å². The number of hydrogen-bond acceptors (Lipinski definition) is 5. The average molecular weight is 297 g/mol. The third-order valence-corrected chi connectivity index (χ3v) is 5.22. The summed E-state index contributed by atoms with van der Waals surface area (Å²) in [6.07, 6.45) is 5.16. The van der Waals surface area contributed by atoms with Crippen molar-refractivity contribution in [1.29, 1.82) is 0 Å². The van der Waals surface area contributed by atoms with Crippen LogP contribution < -0.4 is 0 Å². The Bertz CT molecular complexity index is 177. The number of thioether (sulfide) groups is 1. The van der Waals surface area contributed by atoms with E-state index in [9.17, 15) is 4.80 Å². The van der Waals surface area contributed by atoms with Gasteiger partial charge in [-0.1, -0.05) is 26.2 Å². The third-order valence-electron chi connectivity index (χ3n) is 2.31. The Kier molecular flexibility index (Phi) is 12.7. The summed E-state index contributed by atoms with van der Waals surface area (Å²) in [5, 5.41) is 0. The second kappa shape index (κ2) is 12.4. The Labute approximate surface area is 117 Å². The van der Waals surface area contributed by atoms with Crippen LogP contribution in [-0.2, 0) is 13.3 Å². The molecule has 0 aliphatic carbocycles. The van der Waals surface area contributed by atoms with Crippen LogP contribution in [0, 0.1) is 0 Å². The molecule has 0 atom stereocenters. The van der Waals surface area contributed by atoms with Gasteiger partial charge < -0.3 is 18.1 Å². The van der Waals surface area contributed by atoms with Crippen molar-refractivity contribution in [2.24, 2.45) is 0 Å². The second-order valence-corrected chi connectivity index (χ2v) is 7.05. The minimum atomic E-state index is -3.34. The molecule has 0 amide bonds. The van der Waals surface area contributed by atoms with Crippen LogP contribution in [0.2, 0.25) is 0 Å². The lowest BCUT2D eigenvalue weighted by Gasteiger charge is -2.21. The van der Waals surface area contributed by atoms with Crippen LogP contribution >= 0.6 is 11.8 Å². The van der Waals surface area contributed by atoms with Crippen molar-refractivity contribution in [3.05, 3.63) is 0 Å². The molecule has 0 spiro atoms. The minimum absolute atomic E-state index is 0.410. The lowest BCUT2D eigenvalue weighted by Crippen LogP contribution is -2.46. The van der Waals surface area contributed by atoms with Gasteiger partial charge >= 0.3 is 9.05 Å². The fraction of sp³-hybridized carbons (Fsp3) is 1.00. The molecule has 0 saturated heterocycles. The predicted octanol–water partition coefficient (Wildman–Crippen LogP) is 2.82. The minimum Gasteiger partial charge on any atom is -0.367 e. The summed E-state index contributed by atoms with van der Waals surface area (Å²) in [6, 6.07) is 0. The maximum Gasteiger partial charge on any atom is 0.676 e. The summed E-state index contributed by atoms with van der Waals surface area (Å²) in [6.45, 7) is 7.17. The molecule has 18 heavy (non-hydrogen) atoms. The molecule has 0 radical (unpaired) electrons. The fourth-order valence-electron chi connectivity index (χ4n) is 1.45. The van der Waals surface area contributed by atoms with E-state index in [1.54, 1.807) is 0 Å². The van der Waals surface area contributed by atoms with Crippen LogP contribution in [0.3, 0.4) is 0 Å². The smallest absolute Gasteiger partial charge is 0.367 e. The molecule has 1 N–H and O–H groups in total. The van der Waals surface area contributed by atoms with Gasteiger partial charge in [0, 0.05) is 25.6 Å². The lowest BCUT2D eigenvalue weighted by atomic mass is 10.2. The normalized spacial score (nSPS) is 12.0. The van der Waals surface area contributed by atoms with Crippen molar-refractivity contribution < 1.29 is 18.1 Å². The van der Waals surface area contributed by atoms with Gasteiger partial charge in [-0.15, -0.1) is 0 Å². The third kappa shape index (κ3) is 10.3. The first kappa shape index (κ1) is 18.4. The van der Waals surface area contributed by atoms with E-state index < -0.39 is 9.05 Å². The molecule has 0 unspecified atom stereocenters. The quantitative estimate of drug-likeness (QED) is 0.418. The Morgan fingerprint density at radius 3 is 2.11 bits per heavy atom. The first-order valence-electron chi connectivity index (χ1n) is 6.90. The maximum absolute atomic E-state index is 9.95. The predicted molar refractivity (Wildman–Crippen MR) is 78.6 cm³/mol. The van der Waals surface area contributed by atoms with Gasteiger partial charge in [-0.3, -0.25) is 0 Å². The standard InChI is InChI=1S/C12H28O4SSi/c1-4-7-8-9-11-17-12-10-16-18(13,14-5-2)15-6-3/h13H,4-12H2,1-3H3. The number of hydrogen-bond donors (Lipinski definition) is 1. The van der Waals surface area contributed by atoms with Crippen LogP contribution in [0.1, 0.15) is 46.5 Å². The van der Waals surface area contributed by atoms with E-state index in [4.69, 9.17) is 13.3 Å². The molecule has 4 nitrogen and oxygen atoms in total. The summed E-state index contributed by atoms with van der Waals surface area (Å²) in [5.41, 5.74) is 0. The highest BCUT2D eigenvalue weighted by molar-refractivity contribution is 7.99. The van der Waals surface area contributed by atoms with E-state index >= 15 is 0 Å². The van der Waals surface area contributed by atoms with Gasteiger partial charge in [0.05, 0.1) is 0 Å². The molecule has 0 heterocycles. The molecule has 0 aromatic rings. The average Bonchev–Trinajstić information content (AvgIpc) is 2.33. The van der Waals surface area contributed by atoms with Gasteiger partial charge in [0.15, 0.2) is 0 Å². The molecular formula is C12H28O4SSi. The molecule has 0 saturated carbocycles. The Hall–Kier alpha value is 0.407. The van der Waals surface area contributed by atoms with Crippen LogP contribution in [0.25, 0.3) is 0 Å². The van der Waals surface area contributed by atoms with Crippen molar-refractivity contribution >= 4 is 20.8 Å². The molecule has 110 valence electrons. The molecule has 0 aromatic carbocycles. The SMILES string of the molecule is CCCCCCSCCO[Si](O)(OCC)OCC. The fourth-order valence-corrected chi connectivity index (χ4v) is 3.75. The van der Waals surface area contributed by atoms with Crippen molar-refractivity contribution in [3.8, 4) is 0 Å². The van der Waals surface area contributed by atoms with Crippen LogP contribution in [0.5, 0.6) is 0 Å². The topological polar surface area (TPSA) is 47.9 Å². The van der Waals surface area contributed by atoms with Gasteiger partial charge in [-0.25, -0.2) is 0 Å². The Balaban J connectivity index is 3.49. The van der Waals surface area contributed by atoms with Gasteiger partial charge in [-0.05, 0) is 26.0 Å². The molecule has 6 heteroatoms. The number of rotatable bonds is 13. The van der Waals surface area contributed by atoms with Gasteiger partial charge in [0.1, 0.15) is 0 Å². The van der Waals surface area contributed by atoms with Crippen LogP contribution in [0.4, 0.5) is 0 Å². The molecule has 0 bridgehead atoms. The van der Waals surface area contributed by atoms with E-state index in [-0.39, 0.29) is 0 Å². The van der Waals surface area contributed by atoms with Crippen LogP contribution in [-0.4, -0.2) is 45.2 Å². The van der Waals surface area contributed by atoms with E-state index in [0.29, 0.717) is 19.8 Å². The van der Waals surface area contributed by atoms with E-state index in [1.807, 2.05) is 25.6 Å². The summed E-state index contributed by atoms with van der Waals surface area (Å²) >= 11 is 1.86. The zero-order valence-electron chi connectivity index (χ0n) is 11.9. The Morgan fingerprint density at radius 1 is 0.889 bits per heavy atom. The molecule has 0 aliphatic rings. The van der Waals surface area contributed by atoms with Crippen molar-refractivity contribution in [2.45, 2.75) is 46.5 Å². The largest absolute Gasteiger partial charge is 0.676 e. The van der Waals surface area contributed by atoms with Gasteiger partial charge in [0.2, 0.25) is 0 Å². The highest BCUT2D eigenvalue weighted by Crippen LogP contribution is 2.10. The summed E-state index contributed by atoms with van der Waals surface area (Å²) in [7, 11) is -3.34. The maximum atomic E-state index is 9.95. The Morgan fingerprint density at radius 2 is 1.56 bits per heavy atom. The van der Waals surface area contributed by atoms with Crippen LogP contribution in [0.15, 0.2) is 0 Å². The zero-order valence-corrected chi connectivity index (χ0v) is 13.8. The monoisotopic (exact) mass is 296 g/mol. The first-order valence-corrected chi connectivity index (χ1v) is 9.73. The summed E-state index contributed by atoms with van der Waals surface area (Å²) in [5.74, 6) is 2.04. The lowest BCUT2D eigenvalue weighted by molar-refractivity contribution is 0.00208.